The smallest absolute Gasteiger partial charge is 0.164 e. The van der Waals surface area contributed by atoms with Gasteiger partial charge in [0, 0.05) is 56.2 Å². The van der Waals surface area contributed by atoms with Gasteiger partial charge in [-0.3, -0.25) is 0 Å². The highest BCUT2D eigenvalue weighted by atomic mass is 15.2. The molecule has 306 valence electrons. The second-order valence-corrected chi connectivity index (χ2v) is 17.4. The van der Waals surface area contributed by atoms with Gasteiger partial charge in [-0.25, -0.2) is 15.0 Å². The number of fused-ring (bicyclic) bond motifs is 6. The van der Waals surface area contributed by atoms with Gasteiger partial charge in [-0.15, -0.1) is 0 Å². The number of hydrogen-bond donors (Lipinski definition) is 0. The third kappa shape index (κ3) is 6.11. The van der Waals surface area contributed by atoms with Gasteiger partial charge in [0.05, 0.1) is 22.3 Å². The SMILES string of the molecule is CC1C=CC=CC1c1cc(-c2nc(-c3ccccc3)nc(-c3ccc(-c4ccccc4)c(-n4c5ccccc5c5ccccc54)c3)n2)ccc1N1c2ccccc2C2C=CC=CC21C. The van der Waals surface area contributed by atoms with E-state index in [0.29, 0.717) is 23.4 Å². The molecule has 12 rings (SSSR count). The first kappa shape index (κ1) is 37.8. The van der Waals surface area contributed by atoms with E-state index in [0.717, 1.165) is 44.5 Å². The van der Waals surface area contributed by atoms with E-state index in [1.54, 1.807) is 0 Å². The molecule has 4 unspecified atom stereocenters. The van der Waals surface area contributed by atoms with E-state index in [1.807, 2.05) is 18.2 Å². The summed E-state index contributed by atoms with van der Waals surface area (Å²) in [6, 6.07) is 60.7. The predicted molar refractivity (Wildman–Crippen MR) is 264 cm³/mol. The van der Waals surface area contributed by atoms with Crippen LogP contribution in [0.1, 0.15) is 36.8 Å². The Morgan fingerprint density at radius 1 is 0.453 bits per heavy atom. The van der Waals surface area contributed by atoms with Crippen molar-refractivity contribution in [2.45, 2.75) is 31.2 Å². The van der Waals surface area contributed by atoms with Crippen molar-refractivity contribution in [1.29, 1.82) is 0 Å². The first-order valence-corrected chi connectivity index (χ1v) is 22.3. The lowest BCUT2D eigenvalue weighted by Gasteiger charge is -2.41. The maximum Gasteiger partial charge on any atom is 0.164 e. The summed E-state index contributed by atoms with van der Waals surface area (Å²) in [6.07, 6.45) is 18.1. The molecule has 0 N–H and O–H groups in total. The largest absolute Gasteiger partial charge is 0.331 e. The average molecular weight is 824 g/mol. The van der Waals surface area contributed by atoms with Gasteiger partial charge >= 0.3 is 0 Å². The summed E-state index contributed by atoms with van der Waals surface area (Å²) in [5, 5.41) is 2.43. The third-order valence-corrected chi connectivity index (χ3v) is 13.6. The number of rotatable bonds is 7. The minimum atomic E-state index is -0.271. The molecule has 64 heavy (non-hydrogen) atoms. The first-order valence-electron chi connectivity index (χ1n) is 22.3. The molecule has 4 atom stereocenters. The van der Waals surface area contributed by atoms with E-state index in [-0.39, 0.29) is 17.4 Å². The molecule has 0 amide bonds. The Labute approximate surface area is 373 Å². The van der Waals surface area contributed by atoms with Crippen LogP contribution in [0.25, 0.3) is 72.8 Å². The molecular formula is C59H45N5. The molecule has 2 aromatic heterocycles. The van der Waals surface area contributed by atoms with Crippen LogP contribution in [0.3, 0.4) is 0 Å². The van der Waals surface area contributed by atoms with Gasteiger partial charge in [0.1, 0.15) is 0 Å². The molecule has 0 saturated heterocycles. The summed E-state index contributed by atoms with van der Waals surface area (Å²) < 4.78 is 2.40. The quantitative estimate of drug-likeness (QED) is 0.161. The summed E-state index contributed by atoms with van der Waals surface area (Å²) >= 11 is 0. The molecule has 5 heteroatoms. The molecule has 0 radical (unpaired) electrons. The molecule has 1 aliphatic heterocycles. The summed E-state index contributed by atoms with van der Waals surface area (Å²) in [6.45, 7) is 4.69. The highest BCUT2D eigenvalue weighted by Crippen LogP contribution is 2.56. The van der Waals surface area contributed by atoms with Crippen molar-refractivity contribution in [3.63, 3.8) is 0 Å². The standard InChI is InChI=1S/C59H45N5/c1-39-19-9-10-24-44(39)49-37-42(33-35-54(49)64-53-31-16-13-27-48(53)50-28-17-18-36-59(50,64)2)57-60-56(41-22-7-4-8-23-41)61-58(62-57)43-32-34-45(40-20-5-3-6-21-40)55(38-43)63-51-29-14-11-25-46(51)47-26-12-15-30-52(47)63/h3-39,44,50H,1-2H3. The van der Waals surface area contributed by atoms with Gasteiger partial charge in [-0.05, 0) is 72.0 Å². The third-order valence-electron chi connectivity index (χ3n) is 13.6. The van der Waals surface area contributed by atoms with E-state index in [9.17, 15) is 0 Å². The number of para-hydroxylation sites is 3. The number of allylic oxidation sites excluding steroid dienone is 6. The van der Waals surface area contributed by atoms with Gasteiger partial charge in [0.25, 0.3) is 0 Å². The maximum absolute atomic E-state index is 5.40. The fraction of sp³-hybridized carbons (Fsp3) is 0.102. The summed E-state index contributed by atoms with van der Waals surface area (Å²) in [4.78, 5) is 18.5. The molecule has 3 aliphatic rings. The fourth-order valence-electron chi connectivity index (χ4n) is 10.5. The van der Waals surface area contributed by atoms with Crippen molar-refractivity contribution >= 4 is 33.2 Å². The monoisotopic (exact) mass is 823 g/mol. The second-order valence-electron chi connectivity index (χ2n) is 17.4. The Morgan fingerprint density at radius 2 is 1.02 bits per heavy atom. The lowest BCUT2D eigenvalue weighted by Crippen LogP contribution is -2.42. The highest BCUT2D eigenvalue weighted by molar-refractivity contribution is 6.10. The van der Waals surface area contributed by atoms with Crippen molar-refractivity contribution in [2.75, 3.05) is 4.90 Å². The molecule has 0 fully saturated rings. The molecule has 0 saturated carbocycles. The highest BCUT2D eigenvalue weighted by Gasteiger charge is 2.47. The van der Waals surface area contributed by atoms with Crippen LogP contribution in [-0.2, 0) is 0 Å². The molecule has 5 nitrogen and oxygen atoms in total. The minimum Gasteiger partial charge on any atom is -0.331 e. The summed E-state index contributed by atoms with van der Waals surface area (Å²) in [7, 11) is 0. The Balaban J connectivity index is 1.07. The van der Waals surface area contributed by atoms with Gasteiger partial charge in [0.15, 0.2) is 17.5 Å². The molecule has 2 aliphatic carbocycles. The number of aromatic nitrogens is 4. The van der Waals surface area contributed by atoms with E-state index >= 15 is 0 Å². The lowest BCUT2D eigenvalue weighted by atomic mass is 9.79. The van der Waals surface area contributed by atoms with E-state index < -0.39 is 0 Å². The van der Waals surface area contributed by atoms with Gasteiger partial charge in [-0.2, -0.15) is 0 Å². The number of hydrogen-bond acceptors (Lipinski definition) is 4. The van der Waals surface area contributed by atoms with E-state index in [2.05, 4.69) is 224 Å². The summed E-state index contributed by atoms with van der Waals surface area (Å²) in [5.74, 6) is 2.56. The molecular weight excluding hydrogens is 779 g/mol. The zero-order valence-corrected chi connectivity index (χ0v) is 35.8. The average Bonchev–Trinajstić information content (AvgIpc) is 3.83. The van der Waals surface area contributed by atoms with E-state index in [1.165, 1.54) is 33.3 Å². The van der Waals surface area contributed by atoms with Crippen LogP contribution in [0.2, 0.25) is 0 Å². The van der Waals surface area contributed by atoms with Crippen LogP contribution < -0.4 is 4.90 Å². The van der Waals surface area contributed by atoms with Crippen molar-refractivity contribution in [3.8, 4) is 51.0 Å². The Morgan fingerprint density at radius 3 is 1.73 bits per heavy atom. The zero-order valence-electron chi connectivity index (χ0n) is 35.8. The number of benzene rings is 7. The Bertz CT molecular complexity index is 3340. The van der Waals surface area contributed by atoms with Crippen LogP contribution in [0.5, 0.6) is 0 Å². The molecule has 7 aromatic carbocycles. The zero-order chi connectivity index (χ0) is 42.8. The fourth-order valence-corrected chi connectivity index (χ4v) is 10.5. The lowest BCUT2D eigenvalue weighted by molar-refractivity contribution is 0.538. The van der Waals surface area contributed by atoms with Crippen LogP contribution in [-0.4, -0.2) is 25.1 Å². The molecule has 9 aromatic rings. The topological polar surface area (TPSA) is 46.8 Å². The van der Waals surface area contributed by atoms with Crippen LogP contribution in [0.4, 0.5) is 11.4 Å². The molecule has 0 bridgehead atoms. The summed E-state index contributed by atoms with van der Waals surface area (Å²) in [5.41, 5.74) is 13.2. The maximum atomic E-state index is 5.40. The van der Waals surface area contributed by atoms with Crippen molar-refractivity contribution in [3.05, 3.63) is 230 Å². The predicted octanol–water partition coefficient (Wildman–Crippen LogP) is 14.6. The Kier molecular flexibility index (Phi) is 8.97. The minimum absolute atomic E-state index is 0.145. The van der Waals surface area contributed by atoms with Crippen molar-refractivity contribution < 1.29 is 0 Å². The van der Waals surface area contributed by atoms with Gasteiger partial charge < -0.3 is 9.47 Å². The number of anilines is 2. The molecule has 0 spiro atoms. The van der Waals surface area contributed by atoms with Crippen LogP contribution in [0, 0.1) is 5.92 Å². The normalized spacial score (nSPS) is 19.7. The first-order chi connectivity index (χ1) is 31.5. The Hall–Kier alpha value is -7.89. The van der Waals surface area contributed by atoms with Crippen molar-refractivity contribution in [1.82, 2.24) is 19.5 Å². The van der Waals surface area contributed by atoms with E-state index in [4.69, 9.17) is 15.0 Å². The van der Waals surface area contributed by atoms with Crippen LogP contribution in [0.15, 0.2) is 218 Å². The van der Waals surface area contributed by atoms with Crippen molar-refractivity contribution in [2.24, 2.45) is 5.92 Å². The van der Waals surface area contributed by atoms with Crippen LogP contribution >= 0.6 is 0 Å². The van der Waals surface area contributed by atoms with Gasteiger partial charge in [0.2, 0.25) is 0 Å². The second kappa shape index (κ2) is 15.2. The molecule has 3 heterocycles. The number of nitrogens with zero attached hydrogens (tertiary/aromatic N) is 5. The van der Waals surface area contributed by atoms with Gasteiger partial charge in [-0.1, -0.05) is 183 Å².